The lowest BCUT2D eigenvalue weighted by Gasteiger charge is -2.35. The summed E-state index contributed by atoms with van der Waals surface area (Å²) in [6.07, 6.45) is -0.548. The number of carbonyl (C=O) groups is 2. The predicted octanol–water partition coefficient (Wildman–Crippen LogP) is -1.47. The number of hydrogen-bond acceptors (Lipinski definition) is 6. The number of imide groups is 1. The van der Waals surface area contributed by atoms with E-state index in [0.29, 0.717) is 19.8 Å². The minimum atomic E-state index is -0.562. The van der Waals surface area contributed by atoms with Gasteiger partial charge in [-0.15, -0.1) is 0 Å². The van der Waals surface area contributed by atoms with Gasteiger partial charge in [-0.25, -0.2) is 9.79 Å². The summed E-state index contributed by atoms with van der Waals surface area (Å²) in [4.78, 5) is 30.5. The van der Waals surface area contributed by atoms with Crippen LogP contribution in [0.1, 0.15) is 6.92 Å². The number of rotatable bonds is 4. The van der Waals surface area contributed by atoms with Gasteiger partial charge in [-0.05, 0) is 6.92 Å². The van der Waals surface area contributed by atoms with E-state index >= 15 is 0 Å². The van der Waals surface area contributed by atoms with Crippen LogP contribution in [0.2, 0.25) is 0 Å². The van der Waals surface area contributed by atoms with Crippen LogP contribution in [0.3, 0.4) is 0 Å². The van der Waals surface area contributed by atoms with Crippen LogP contribution < -0.4 is 11.1 Å². The lowest BCUT2D eigenvalue weighted by atomic mass is 10.1. The third kappa shape index (κ3) is 1.99. The number of amides is 3. The van der Waals surface area contributed by atoms with Crippen LogP contribution in [-0.4, -0.2) is 66.7 Å². The number of urea groups is 1. The van der Waals surface area contributed by atoms with E-state index in [2.05, 4.69) is 10.3 Å². The van der Waals surface area contributed by atoms with Crippen molar-refractivity contribution in [3.05, 3.63) is 0 Å². The molecule has 1 fully saturated rings. The Morgan fingerprint density at radius 2 is 2.22 bits per heavy atom. The first-order valence-electron chi connectivity index (χ1n) is 5.81. The van der Waals surface area contributed by atoms with E-state index in [0.717, 1.165) is 0 Å². The standard InChI is InChI=1S/C10H17N5O3/c1-3-18-5-4-15-6-7(12-9(15)11)14(2)10(17)13-8(6)16/h6-7H,3-5H2,1-2H3,(H2,11,12)(H,13,16,17). The third-order valence-electron chi connectivity index (χ3n) is 3.07. The number of fused-ring (bicyclic) bond motifs is 1. The molecule has 2 aliphatic rings. The lowest BCUT2D eigenvalue weighted by molar-refractivity contribution is -0.127. The molecular weight excluding hydrogens is 238 g/mol. The summed E-state index contributed by atoms with van der Waals surface area (Å²) >= 11 is 0. The summed E-state index contributed by atoms with van der Waals surface area (Å²) in [7, 11) is 1.59. The number of ether oxygens (including phenoxy) is 1. The molecule has 2 atom stereocenters. The van der Waals surface area contributed by atoms with Gasteiger partial charge in [0, 0.05) is 20.2 Å². The predicted molar refractivity (Wildman–Crippen MR) is 63.7 cm³/mol. The van der Waals surface area contributed by atoms with Crippen molar-refractivity contribution >= 4 is 17.9 Å². The van der Waals surface area contributed by atoms with Crippen LogP contribution in [0.5, 0.6) is 0 Å². The van der Waals surface area contributed by atoms with Crippen molar-refractivity contribution in [3.8, 4) is 0 Å². The topological polar surface area (TPSA) is 100 Å². The van der Waals surface area contributed by atoms with Crippen LogP contribution in [0, 0.1) is 0 Å². The molecule has 2 unspecified atom stereocenters. The number of guanidine groups is 1. The van der Waals surface area contributed by atoms with E-state index in [-0.39, 0.29) is 11.9 Å². The molecule has 2 rings (SSSR count). The monoisotopic (exact) mass is 255 g/mol. The van der Waals surface area contributed by atoms with Crippen molar-refractivity contribution in [1.29, 1.82) is 0 Å². The number of nitrogens with two attached hydrogens (primary N) is 1. The van der Waals surface area contributed by atoms with Gasteiger partial charge in [0.25, 0.3) is 5.91 Å². The molecule has 3 N–H and O–H groups in total. The van der Waals surface area contributed by atoms with Crippen molar-refractivity contribution in [1.82, 2.24) is 15.1 Å². The SMILES string of the molecule is CCOCCN1C(N)=NC2C1C(=O)NC(=O)N2C. The Bertz CT molecular complexity index is 397. The Balaban J connectivity index is 2.12. The maximum absolute atomic E-state index is 11.9. The molecule has 0 aromatic carbocycles. The van der Waals surface area contributed by atoms with Crippen LogP contribution in [0.25, 0.3) is 0 Å². The number of nitrogens with zero attached hydrogens (tertiary/aromatic N) is 3. The Hall–Kier alpha value is -1.83. The summed E-state index contributed by atoms with van der Waals surface area (Å²) in [6, 6.07) is -1.02. The molecule has 0 bridgehead atoms. The van der Waals surface area contributed by atoms with Crippen molar-refractivity contribution in [2.45, 2.75) is 19.1 Å². The van der Waals surface area contributed by atoms with E-state index in [1.165, 1.54) is 4.90 Å². The quantitative estimate of drug-likeness (QED) is 0.597. The minimum Gasteiger partial charge on any atom is -0.380 e. The summed E-state index contributed by atoms with van der Waals surface area (Å²) in [6.45, 7) is 3.42. The molecule has 8 nitrogen and oxygen atoms in total. The van der Waals surface area contributed by atoms with Gasteiger partial charge in [0.15, 0.2) is 18.2 Å². The van der Waals surface area contributed by atoms with Crippen molar-refractivity contribution in [2.75, 3.05) is 26.8 Å². The molecule has 0 aromatic heterocycles. The van der Waals surface area contributed by atoms with Crippen molar-refractivity contribution in [2.24, 2.45) is 10.7 Å². The molecule has 18 heavy (non-hydrogen) atoms. The minimum absolute atomic E-state index is 0.265. The summed E-state index contributed by atoms with van der Waals surface area (Å²) in [5.41, 5.74) is 5.79. The van der Waals surface area contributed by atoms with Crippen LogP contribution in [-0.2, 0) is 9.53 Å². The first kappa shape index (κ1) is 12.6. The number of hydrogen-bond donors (Lipinski definition) is 2. The van der Waals surface area contributed by atoms with E-state index in [4.69, 9.17) is 10.5 Å². The highest BCUT2D eigenvalue weighted by molar-refractivity contribution is 6.03. The van der Waals surface area contributed by atoms with Gasteiger partial charge in [0.2, 0.25) is 0 Å². The molecule has 3 amide bonds. The summed E-state index contributed by atoms with van der Waals surface area (Å²) < 4.78 is 5.24. The summed E-state index contributed by atoms with van der Waals surface area (Å²) in [5, 5.41) is 2.28. The molecule has 2 aliphatic heterocycles. The molecular formula is C10H17N5O3. The van der Waals surface area contributed by atoms with Gasteiger partial charge in [0.1, 0.15) is 0 Å². The maximum atomic E-state index is 11.9. The van der Waals surface area contributed by atoms with Gasteiger partial charge in [0.05, 0.1) is 6.61 Å². The maximum Gasteiger partial charge on any atom is 0.325 e. The lowest BCUT2D eigenvalue weighted by Crippen LogP contribution is -2.64. The van der Waals surface area contributed by atoms with E-state index < -0.39 is 18.2 Å². The highest BCUT2D eigenvalue weighted by Crippen LogP contribution is 2.22. The molecule has 0 spiro atoms. The number of aliphatic imine (C=N–C) groups is 1. The van der Waals surface area contributed by atoms with Gasteiger partial charge in [-0.2, -0.15) is 0 Å². The number of likely N-dealkylation sites (N-methyl/N-ethyl adjacent to an activating group) is 1. The highest BCUT2D eigenvalue weighted by atomic mass is 16.5. The molecule has 0 radical (unpaired) electrons. The average molecular weight is 255 g/mol. The van der Waals surface area contributed by atoms with Gasteiger partial charge >= 0.3 is 6.03 Å². The third-order valence-corrected chi connectivity index (χ3v) is 3.07. The fourth-order valence-corrected chi connectivity index (χ4v) is 2.11. The first-order chi connectivity index (χ1) is 8.56. The zero-order valence-electron chi connectivity index (χ0n) is 10.4. The van der Waals surface area contributed by atoms with Crippen molar-refractivity contribution in [3.63, 3.8) is 0 Å². The molecule has 8 heteroatoms. The summed E-state index contributed by atoms with van der Waals surface area (Å²) in [5.74, 6) is -0.106. The molecule has 2 heterocycles. The second-order valence-corrected chi connectivity index (χ2v) is 4.14. The van der Waals surface area contributed by atoms with Crippen LogP contribution in [0.4, 0.5) is 4.79 Å². The van der Waals surface area contributed by atoms with Crippen LogP contribution >= 0.6 is 0 Å². The van der Waals surface area contributed by atoms with E-state index in [9.17, 15) is 9.59 Å². The zero-order valence-corrected chi connectivity index (χ0v) is 10.4. The molecule has 0 saturated carbocycles. The Morgan fingerprint density at radius 1 is 1.50 bits per heavy atom. The van der Waals surface area contributed by atoms with Gasteiger partial charge in [-0.3, -0.25) is 10.1 Å². The number of nitrogens with one attached hydrogen (secondary N) is 1. The molecule has 0 aromatic rings. The first-order valence-corrected chi connectivity index (χ1v) is 5.81. The zero-order chi connectivity index (χ0) is 13.3. The number of carbonyl (C=O) groups excluding carboxylic acids is 2. The van der Waals surface area contributed by atoms with Crippen molar-refractivity contribution < 1.29 is 14.3 Å². The second kappa shape index (κ2) is 4.81. The Kier molecular flexibility index (Phi) is 3.37. The van der Waals surface area contributed by atoms with Crippen LogP contribution in [0.15, 0.2) is 4.99 Å². The van der Waals surface area contributed by atoms with E-state index in [1.807, 2.05) is 6.92 Å². The fraction of sp³-hybridized carbons (Fsp3) is 0.700. The fourth-order valence-electron chi connectivity index (χ4n) is 2.11. The average Bonchev–Trinajstić information content (AvgIpc) is 2.65. The normalized spacial score (nSPS) is 27.1. The molecule has 0 aliphatic carbocycles. The highest BCUT2D eigenvalue weighted by Gasteiger charge is 2.47. The largest absolute Gasteiger partial charge is 0.380 e. The van der Waals surface area contributed by atoms with E-state index in [1.54, 1.807) is 11.9 Å². The van der Waals surface area contributed by atoms with Gasteiger partial charge in [-0.1, -0.05) is 0 Å². The molecule has 100 valence electrons. The van der Waals surface area contributed by atoms with Gasteiger partial charge < -0.3 is 20.3 Å². The Morgan fingerprint density at radius 3 is 2.89 bits per heavy atom. The smallest absolute Gasteiger partial charge is 0.325 e. The molecule has 1 saturated heterocycles. The Labute approximate surface area is 105 Å². The second-order valence-electron chi connectivity index (χ2n) is 4.14.